The molecule has 0 saturated heterocycles. The third-order valence-corrected chi connectivity index (χ3v) is 1.69. The van der Waals surface area contributed by atoms with E-state index in [4.69, 9.17) is 5.11 Å². The largest absolute Gasteiger partial charge is 0.480 e. The van der Waals surface area contributed by atoms with Crippen molar-refractivity contribution in [1.82, 2.24) is 10.6 Å². The van der Waals surface area contributed by atoms with Crippen molar-refractivity contribution in [3.63, 3.8) is 0 Å². The van der Waals surface area contributed by atoms with Crippen LogP contribution >= 0.6 is 0 Å². The van der Waals surface area contributed by atoms with Gasteiger partial charge in [-0.1, -0.05) is 30.3 Å². The van der Waals surface area contributed by atoms with E-state index in [2.05, 4.69) is 10.6 Å². The molecular weight excluding hydrogens is 208 g/mol. The summed E-state index contributed by atoms with van der Waals surface area (Å²) in [5.74, 6) is -1.08. The van der Waals surface area contributed by atoms with Gasteiger partial charge in [0.15, 0.2) is 0 Å². The fourth-order valence-corrected chi connectivity index (χ4v) is 0.985. The number of hydrogen-bond acceptors (Lipinski definition) is 2. The van der Waals surface area contributed by atoms with Crippen molar-refractivity contribution < 1.29 is 14.7 Å². The normalized spacial score (nSPS) is 10.0. The minimum absolute atomic E-state index is 0.398. The molecule has 5 heteroatoms. The van der Waals surface area contributed by atoms with Gasteiger partial charge in [0.05, 0.1) is 0 Å². The molecule has 84 valence electrons. The van der Waals surface area contributed by atoms with E-state index in [1.54, 1.807) is 6.08 Å². The van der Waals surface area contributed by atoms with Gasteiger partial charge in [-0.05, 0) is 11.6 Å². The molecule has 0 aliphatic rings. The summed E-state index contributed by atoms with van der Waals surface area (Å²) in [6.07, 6.45) is 3.16. The molecule has 1 aromatic carbocycles. The van der Waals surface area contributed by atoms with Gasteiger partial charge in [-0.3, -0.25) is 4.79 Å². The molecule has 0 fully saturated rings. The van der Waals surface area contributed by atoms with Gasteiger partial charge in [-0.2, -0.15) is 0 Å². The van der Waals surface area contributed by atoms with Gasteiger partial charge in [0.25, 0.3) is 0 Å². The number of rotatable bonds is 4. The molecular formula is C11H12N2O3. The molecule has 0 unspecified atom stereocenters. The van der Waals surface area contributed by atoms with Gasteiger partial charge in [0, 0.05) is 6.20 Å². The summed E-state index contributed by atoms with van der Waals surface area (Å²) >= 11 is 0. The Hall–Kier alpha value is -2.30. The lowest BCUT2D eigenvalue weighted by Gasteiger charge is -2.00. The molecule has 3 N–H and O–H groups in total. The maximum absolute atomic E-state index is 11.0. The summed E-state index contributed by atoms with van der Waals surface area (Å²) in [5, 5.41) is 12.9. The predicted molar refractivity (Wildman–Crippen MR) is 59.6 cm³/mol. The van der Waals surface area contributed by atoms with E-state index in [1.165, 1.54) is 6.20 Å². The van der Waals surface area contributed by atoms with Crippen molar-refractivity contribution in [2.24, 2.45) is 0 Å². The Bertz CT molecular complexity index is 387. The van der Waals surface area contributed by atoms with Crippen molar-refractivity contribution >= 4 is 18.1 Å². The Kier molecular flexibility index (Phi) is 4.59. The number of benzene rings is 1. The molecule has 2 amide bonds. The summed E-state index contributed by atoms with van der Waals surface area (Å²) in [5.41, 5.74) is 0.945. The van der Waals surface area contributed by atoms with Crippen molar-refractivity contribution in [1.29, 1.82) is 0 Å². The lowest BCUT2D eigenvalue weighted by atomic mass is 10.2. The minimum atomic E-state index is -1.08. The Balaban J connectivity index is 2.32. The van der Waals surface area contributed by atoms with Crippen LogP contribution in [-0.2, 0) is 4.79 Å². The predicted octanol–water partition coefficient (Wildman–Crippen LogP) is 1.04. The van der Waals surface area contributed by atoms with Gasteiger partial charge in [-0.25, -0.2) is 4.79 Å². The molecule has 0 bridgehead atoms. The maximum Gasteiger partial charge on any atom is 0.323 e. The third-order valence-electron chi connectivity index (χ3n) is 1.69. The zero-order valence-corrected chi connectivity index (χ0v) is 8.51. The van der Waals surface area contributed by atoms with Crippen LogP contribution in [0.5, 0.6) is 0 Å². The Morgan fingerprint density at radius 1 is 1.25 bits per heavy atom. The van der Waals surface area contributed by atoms with Gasteiger partial charge in [0.1, 0.15) is 6.54 Å². The zero-order valence-electron chi connectivity index (χ0n) is 8.51. The monoisotopic (exact) mass is 220 g/mol. The number of nitrogens with one attached hydrogen (secondary N) is 2. The van der Waals surface area contributed by atoms with Crippen LogP contribution in [0.1, 0.15) is 5.56 Å². The molecule has 16 heavy (non-hydrogen) atoms. The van der Waals surface area contributed by atoms with Crippen molar-refractivity contribution in [2.45, 2.75) is 0 Å². The molecule has 1 aromatic rings. The minimum Gasteiger partial charge on any atom is -0.480 e. The molecule has 1 rings (SSSR count). The average Bonchev–Trinajstić information content (AvgIpc) is 2.28. The van der Waals surface area contributed by atoms with E-state index in [0.717, 1.165) is 5.56 Å². The average molecular weight is 220 g/mol. The van der Waals surface area contributed by atoms with Crippen LogP contribution in [0.4, 0.5) is 4.79 Å². The first kappa shape index (κ1) is 11.8. The van der Waals surface area contributed by atoms with E-state index < -0.39 is 18.5 Å². The van der Waals surface area contributed by atoms with Crippen LogP contribution in [0, 0.1) is 0 Å². The summed E-state index contributed by atoms with van der Waals surface area (Å²) in [6, 6.07) is 8.87. The number of urea groups is 1. The van der Waals surface area contributed by atoms with Gasteiger partial charge < -0.3 is 15.7 Å². The van der Waals surface area contributed by atoms with Crippen LogP contribution in [0.3, 0.4) is 0 Å². The smallest absolute Gasteiger partial charge is 0.323 e. The summed E-state index contributed by atoms with van der Waals surface area (Å²) in [4.78, 5) is 21.1. The Labute approximate surface area is 92.8 Å². The fourth-order valence-electron chi connectivity index (χ4n) is 0.985. The lowest BCUT2D eigenvalue weighted by molar-refractivity contribution is -0.135. The third kappa shape index (κ3) is 4.80. The van der Waals surface area contributed by atoms with E-state index in [0.29, 0.717) is 0 Å². The molecule has 0 radical (unpaired) electrons. The van der Waals surface area contributed by atoms with Crippen molar-refractivity contribution in [2.75, 3.05) is 6.54 Å². The van der Waals surface area contributed by atoms with Gasteiger partial charge in [-0.15, -0.1) is 0 Å². The van der Waals surface area contributed by atoms with Crippen molar-refractivity contribution in [3.8, 4) is 0 Å². The second-order valence-electron chi connectivity index (χ2n) is 2.96. The SMILES string of the molecule is O=C(O)CNC(=O)N/C=C/c1ccccc1. The number of carboxylic acid groups (broad SMARTS) is 1. The van der Waals surface area contributed by atoms with Crippen LogP contribution in [-0.4, -0.2) is 23.7 Å². The molecule has 0 atom stereocenters. The molecule has 0 saturated carbocycles. The van der Waals surface area contributed by atoms with E-state index in [1.807, 2.05) is 30.3 Å². The summed E-state index contributed by atoms with van der Waals surface area (Å²) in [6.45, 7) is -0.398. The number of hydrogen-bond donors (Lipinski definition) is 3. The van der Waals surface area contributed by atoms with Crippen LogP contribution in [0.25, 0.3) is 6.08 Å². The number of carboxylic acids is 1. The Morgan fingerprint density at radius 2 is 1.94 bits per heavy atom. The van der Waals surface area contributed by atoms with E-state index >= 15 is 0 Å². The molecule has 5 nitrogen and oxygen atoms in total. The topological polar surface area (TPSA) is 78.4 Å². The first-order valence-corrected chi connectivity index (χ1v) is 4.66. The highest BCUT2D eigenvalue weighted by atomic mass is 16.4. The Morgan fingerprint density at radius 3 is 2.56 bits per heavy atom. The fraction of sp³-hybridized carbons (Fsp3) is 0.0909. The number of amides is 2. The highest BCUT2D eigenvalue weighted by Crippen LogP contribution is 1.99. The van der Waals surface area contributed by atoms with Gasteiger partial charge in [0.2, 0.25) is 0 Å². The van der Waals surface area contributed by atoms with Crippen LogP contribution < -0.4 is 10.6 Å². The molecule has 0 aromatic heterocycles. The second kappa shape index (κ2) is 6.23. The van der Waals surface area contributed by atoms with Crippen molar-refractivity contribution in [3.05, 3.63) is 42.1 Å². The number of carbonyl (C=O) groups is 2. The number of aliphatic carboxylic acids is 1. The summed E-state index contributed by atoms with van der Waals surface area (Å²) in [7, 11) is 0. The van der Waals surface area contributed by atoms with Crippen LogP contribution in [0.15, 0.2) is 36.5 Å². The van der Waals surface area contributed by atoms with E-state index in [9.17, 15) is 9.59 Å². The molecule has 0 aliphatic carbocycles. The first-order chi connectivity index (χ1) is 7.68. The van der Waals surface area contributed by atoms with E-state index in [-0.39, 0.29) is 0 Å². The standard InChI is InChI=1S/C11H12N2O3/c14-10(15)8-13-11(16)12-7-6-9-4-2-1-3-5-9/h1-7H,8H2,(H,14,15)(H2,12,13,16)/b7-6+. The summed E-state index contributed by atoms with van der Waals surface area (Å²) < 4.78 is 0. The first-order valence-electron chi connectivity index (χ1n) is 4.66. The highest BCUT2D eigenvalue weighted by Gasteiger charge is 1.99. The maximum atomic E-state index is 11.0. The second-order valence-corrected chi connectivity index (χ2v) is 2.96. The zero-order chi connectivity index (χ0) is 11.8. The highest BCUT2D eigenvalue weighted by molar-refractivity contribution is 5.80. The quantitative estimate of drug-likeness (QED) is 0.709. The molecule has 0 aliphatic heterocycles. The lowest BCUT2D eigenvalue weighted by Crippen LogP contribution is -2.35. The van der Waals surface area contributed by atoms with Gasteiger partial charge >= 0.3 is 12.0 Å². The number of carbonyl (C=O) groups excluding carboxylic acids is 1. The molecule has 0 spiro atoms. The molecule has 0 heterocycles. The van der Waals surface area contributed by atoms with Crippen LogP contribution in [0.2, 0.25) is 0 Å².